The molecule has 3 N–H and O–H groups in total. The number of amides is 1. The van der Waals surface area contributed by atoms with Crippen LogP contribution in [0.5, 0.6) is 0 Å². The lowest BCUT2D eigenvalue weighted by Gasteiger charge is -2.23. The molecule has 0 spiro atoms. The molecule has 1 unspecified atom stereocenters. The molecule has 1 aliphatic carbocycles. The summed E-state index contributed by atoms with van der Waals surface area (Å²) in [5.74, 6) is -0.0393. The predicted octanol–water partition coefficient (Wildman–Crippen LogP) is 0.992. The van der Waals surface area contributed by atoms with Crippen molar-refractivity contribution in [2.24, 2.45) is 5.73 Å². The Balaban J connectivity index is 1.62. The smallest absolute Gasteiger partial charge is 0.242 e. The molecule has 2 aromatic rings. The zero-order chi connectivity index (χ0) is 13.9. The second kappa shape index (κ2) is 5.72. The summed E-state index contributed by atoms with van der Waals surface area (Å²) >= 11 is 1.77. The maximum atomic E-state index is 12.1. The van der Waals surface area contributed by atoms with E-state index in [1.807, 2.05) is 0 Å². The van der Waals surface area contributed by atoms with E-state index in [2.05, 4.69) is 27.1 Å². The molecule has 20 heavy (non-hydrogen) atoms. The summed E-state index contributed by atoms with van der Waals surface area (Å²) in [5.41, 5.74) is 7.43. The van der Waals surface area contributed by atoms with Crippen LogP contribution in [-0.4, -0.2) is 20.9 Å². The number of nitrogens with two attached hydrogens (primary N) is 1. The van der Waals surface area contributed by atoms with Crippen LogP contribution in [0.25, 0.3) is 0 Å². The Morgan fingerprint density at radius 1 is 1.60 bits per heavy atom. The topological polar surface area (TPSA) is 85.8 Å². The standard InChI is InChI=1S/C13H17N5OS/c14-6-9-7-18(17-16-9)8-13(19)15-11-2-1-3-12-10(11)4-5-20-12/h4-5,7,11H,1-3,6,8,14H2,(H,15,19). The summed E-state index contributed by atoms with van der Waals surface area (Å²) in [7, 11) is 0. The number of carbonyl (C=O) groups excluding carboxylic acids is 1. The first-order valence-corrected chi connectivity index (χ1v) is 7.59. The highest BCUT2D eigenvalue weighted by atomic mass is 32.1. The van der Waals surface area contributed by atoms with Crippen molar-refractivity contribution in [3.05, 3.63) is 33.8 Å². The molecular formula is C13H17N5OS. The van der Waals surface area contributed by atoms with Crippen molar-refractivity contribution in [3.8, 4) is 0 Å². The Bertz CT molecular complexity index is 605. The average Bonchev–Trinajstić information content (AvgIpc) is 3.07. The van der Waals surface area contributed by atoms with Crippen molar-refractivity contribution < 1.29 is 4.79 Å². The van der Waals surface area contributed by atoms with Crippen LogP contribution in [0.3, 0.4) is 0 Å². The summed E-state index contributed by atoms with van der Waals surface area (Å²) in [6.45, 7) is 0.519. The van der Waals surface area contributed by atoms with Crippen molar-refractivity contribution in [1.29, 1.82) is 0 Å². The molecule has 6 nitrogen and oxygen atoms in total. The zero-order valence-corrected chi connectivity index (χ0v) is 11.9. The minimum atomic E-state index is -0.0393. The third kappa shape index (κ3) is 2.73. The van der Waals surface area contributed by atoms with Gasteiger partial charge in [0.1, 0.15) is 6.54 Å². The number of hydrogen-bond acceptors (Lipinski definition) is 5. The van der Waals surface area contributed by atoms with E-state index in [4.69, 9.17) is 5.73 Å². The van der Waals surface area contributed by atoms with Gasteiger partial charge >= 0.3 is 0 Å². The number of carbonyl (C=O) groups is 1. The van der Waals surface area contributed by atoms with E-state index in [9.17, 15) is 4.79 Å². The van der Waals surface area contributed by atoms with Gasteiger partial charge in [0.2, 0.25) is 5.91 Å². The van der Waals surface area contributed by atoms with Gasteiger partial charge in [0, 0.05) is 11.4 Å². The average molecular weight is 291 g/mol. The molecule has 7 heteroatoms. The number of hydrogen-bond donors (Lipinski definition) is 2. The Hall–Kier alpha value is -1.73. The van der Waals surface area contributed by atoms with Gasteiger partial charge in [-0.1, -0.05) is 5.21 Å². The second-order valence-corrected chi connectivity index (χ2v) is 5.92. The lowest BCUT2D eigenvalue weighted by molar-refractivity contribution is -0.122. The van der Waals surface area contributed by atoms with E-state index in [0.717, 1.165) is 19.3 Å². The summed E-state index contributed by atoms with van der Waals surface area (Å²) < 4.78 is 1.52. The zero-order valence-electron chi connectivity index (χ0n) is 11.1. The molecule has 1 aliphatic rings. The van der Waals surface area contributed by atoms with Crippen molar-refractivity contribution >= 4 is 17.2 Å². The maximum absolute atomic E-state index is 12.1. The van der Waals surface area contributed by atoms with E-state index < -0.39 is 0 Å². The van der Waals surface area contributed by atoms with Crippen LogP contribution < -0.4 is 11.1 Å². The van der Waals surface area contributed by atoms with Crippen LogP contribution in [0.2, 0.25) is 0 Å². The molecule has 106 valence electrons. The lowest BCUT2D eigenvalue weighted by Crippen LogP contribution is -2.33. The molecule has 3 rings (SSSR count). The van der Waals surface area contributed by atoms with Crippen molar-refractivity contribution in [3.63, 3.8) is 0 Å². The highest BCUT2D eigenvalue weighted by Gasteiger charge is 2.22. The van der Waals surface area contributed by atoms with Gasteiger partial charge in [0.25, 0.3) is 0 Å². The lowest BCUT2D eigenvalue weighted by atomic mass is 9.94. The Labute approximate surface area is 121 Å². The molecule has 0 saturated heterocycles. The predicted molar refractivity (Wildman–Crippen MR) is 76.1 cm³/mol. The van der Waals surface area contributed by atoms with Crippen molar-refractivity contribution in [1.82, 2.24) is 20.3 Å². The quantitative estimate of drug-likeness (QED) is 0.879. The van der Waals surface area contributed by atoms with E-state index in [1.54, 1.807) is 17.5 Å². The Morgan fingerprint density at radius 3 is 3.30 bits per heavy atom. The van der Waals surface area contributed by atoms with E-state index in [-0.39, 0.29) is 18.5 Å². The molecule has 2 heterocycles. The fourth-order valence-electron chi connectivity index (χ4n) is 2.53. The van der Waals surface area contributed by atoms with Gasteiger partial charge in [-0.25, -0.2) is 4.68 Å². The summed E-state index contributed by atoms with van der Waals surface area (Å²) in [6, 6.07) is 2.25. The highest BCUT2D eigenvalue weighted by molar-refractivity contribution is 7.10. The van der Waals surface area contributed by atoms with Gasteiger partial charge < -0.3 is 11.1 Å². The third-order valence-electron chi connectivity index (χ3n) is 3.49. The molecule has 2 aromatic heterocycles. The third-order valence-corrected chi connectivity index (χ3v) is 4.48. The van der Waals surface area contributed by atoms with E-state index in [0.29, 0.717) is 12.2 Å². The molecule has 0 aromatic carbocycles. The van der Waals surface area contributed by atoms with Gasteiger partial charge in [-0.2, -0.15) is 0 Å². The van der Waals surface area contributed by atoms with Crippen LogP contribution in [0.1, 0.15) is 35.0 Å². The second-order valence-electron chi connectivity index (χ2n) is 4.92. The monoisotopic (exact) mass is 291 g/mol. The molecule has 0 fully saturated rings. The number of rotatable bonds is 4. The van der Waals surface area contributed by atoms with Gasteiger partial charge in [0.15, 0.2) is 0 Å². The normalized spacial score (nSPS) is 17.8. The highest BCUT2D eigenvalue weighted by Crippen LogP contribution is 2.33. The first-order chi connectivity index (χ1) is 9.76. The summed E-state index contributed by atoms with van der Waals surface area (Å²) in [6.07, 6.45) is 4.96. The summed E-state index contributed by atoms with van der Waals surface area (Å²) in [4.78, 5) is 13.5. The molecule has 0 bridgehead atoms. The van der Waals surface area contributed by atoms with Gasteiger partial charge in [0.05, 0.1) is 17.9 Å². The number of aryl methyl sites for hydroxylation is 1. The van der Waals surface area contributed by atoms with Gasteiger partial charge in [-0.05, 0) is 36.3 Å². The fraction of sp³-hybridized carbons (Fsp3) is 0.462. The molecule has 0 aliphatic heterocycles. The summed E-state index contributed by atoms with van der Waals surface area (Å²) in [5, 5.41) is 12.9. The minimum Gasteiger partial charge on any atom is -0.348 e. The molecular weight excluding hydrogens is 274 g/mol. The van der Waals surface area contributed by atoms with Crippen molar-refractivity contribution in [2.45, 2.75) is 38.4 Å². The Morgan fingerprint density at radius 2 is 2.50 bits per heavy atom. The first kappa shape index (κ1) is 13.3. The molecule has 0 saturated carbocycles. The SMILES string of the molecule is NCc1cn(CC(=O)NC2CCCc3sccc32)nn1. The van der Waals surface area contributed by atoms with Crippen molar-refractivity contribution in [2.75, 3.05) is 0 Å². The van der Waals surface area contributed by atoms with Crippen LogP contribution in [0.15, 0.2) is 17.6 Å². The number of aromatic nitrogens is 3. The molecule has 1 atom stereocenters. The van der Waals surface area contributed by atoms with E-state index >= 15 is 0 Å². The van der Waals surface area contributed by atoms with Crippen LogP contribution in [0, 0.1) is 0 Å². The first-order valence-electron chi connectivity index (χ1n) is 6.71. The maximum Gasteiger partial charge on any atom is 0.242 e. The molecule has 1 amide bonds. The van der Waals surface area contributed by atoms with Gasteiger partial charge in [-0.15, -0.1) is 16.4 Å². The Kier molecular flexibility index (Phi) is 3.79. The number of nitrogens with one attached hydrogen (secondary N) is 1. The number of thiophene rings is 1. The van der Waals surface area contributed by atoms with Crippen LogP contribution >= 0.6 is 11.3 Å². The number of nitrogens with zero attached hydrogens (tertiary/aromatic N) is 3. The van der Waals surface area contributed by atoms with Crippen LogP contribution in [-0.2, 0) is 24.3 Å². The minimum absolute atomic E-state index is 0.0393. The largest absolute Gasteiger partial charge is 0.348 e. The number of fused-ring (bicyclic) bond motifs is 1. The molecule has 0 radical (unpaired) electrons. The fourth-order valence-corrected chi connectivity index (χ4v) is 3.52. The van der Waals surface area contributed by atoms with Gasteiger partial charge in [-0.3, -0.25) is 4.79 Å². The van der Waals surface area contributed by atoms with Crippen LogP contribution in [0.4, 0.5) is 0 Å². The van der Waals surface area contributed by atoms with E-state index in [1.165, 1.54) is 15.1 Å².